The average molecular weight is 510 g/mol. The van der Waals surface area contributed by atoms with Crippen LogP contribution in [0, 0.1) is 13.8 Å². The zero-order chi connectivity index (χ0) is 25.8. The number of ether oxygens (including phenoxy) is 4. The lowest BCUT2D eigenvalue weighted by Gasteiger charge is -2.30. The molecule has 35 heavy (non-hydrogen) atoms. The largest absolute Gasteiger partial charge is 0.497 e. The van der Waals surface area contributed by atoms with E-state index in [1.165, 1.54) is 12.6 Å². The fraction of sp³-hybridized carbons (Fsp3) is 0.364. The van der Waals surface area contributed by atoms with E-state index in [1.54, 1.807) is 44.2 Å². The van der Waals surface area contributed by atoms with Crippen molar-refractivity contribution in [1.29, 1.82) is 0 Å². The minimum absolute atomic E-state index is 0.0314. The molecular weight excluding hydrogens is 482 g/mol. The molecule has 0 fully saturated rings. The molecule has 0 unspecified atom stereocenters. The van der Waals surface area contributed by atoms with Crippen molar-refractivity contribution in [3.63, 3.8) is 0 Å². The van der Waals surface area contributed by atoms with E-state index in [9.17, 15) is 23.2 Å². The summed E-state index contributed by atoms with van der Waals surface area (Å²) in [5, 5.41) is 11.7. The summed E-state index contributed by atoms with van der Waals surface area (Å²) >= 11 is 0. The number of methoxy groups -OCH3 is 2. The number of aryl methyl sites for hydroxylation is 2. The van der Waals surface area contributed by atoms with E-state index in [0.717, 1.165) is 11.4 Å². The van der Waals surface area contributed by atoms with Gasteiger partial charge < -0.3 is 24.3 Å². The van der Waals surface area contributed by atoms with Gasteiger partial charge in [-0.1, -0.05) is 6.07 Å². The lowest BCUT2D eigenvalue weighted by molar-refractivity contribution is -0.133. The van der Waals surface area contributed by atoms with Crippen LogP contribution >= 0.6 is 0 Å². The second-order valence-electron chi connectivity index (χ2n) is 7.69. The van der Waals surface area contributed by atoms with Gasteiger partial charge in [0, 0.05) is 13.1 Å². The molecule has 0 saturated heterocycles. The van der Waals surface area contributed by atoms with Crippen molar-refractivity contribution in [3.05, 3.63) is 47.0 Å². The molecule has 2 amide bonds. The second kappa shape index (κ2) is 10.8. The standard InChI is InChI=1S/C22H27N3O9S/c1-13-7-16(31-3)8-14(2)20(13)35(29,30)25(17(21(26)24-28)10-23-22(27)32-4)11-15-5-6-18-19(9-15)34-12-33-18/h5-9,17,28H,10-12H2,1-4H3,(H,23,27)(H,24,26)/t17-/m1/s1. The number of hydrogen-bond acceptors (Lipinski definition) is 9. The summed E-state index contributed by atoms with van der Waals surface area (Å²) in [6, 6.07) is 6.44. The van der Waals surface area contributed by atoms with Crippen LogP contribution in [0.2, 0.25) is 0 Å². The van der Waals surface area contributed by atoms with Gasteiger partial charge in [0.15, 0.2) is 11.5 Å². The van der Waals surface area contributed by atoms with Crippen molar-refractivity contribution in [2.45, 2.75) is 31.3 Å². The van der Waals surface area contributed by atoms with Gasteiger partial charge in [0.05, 0.1) is 19.1 Å². The van der Waals surface area contributed by atoms with Gasteiger partial charge in [-0.2, -0.15) is 4.31 Å². The number of hydrogen-bond donors (Lipinski definition) is 3. The number of carbonyl (C=O) groups is 2. The Labute approximate surface area is 202 Å². The third-order valence-corrected chi connectivity index (χ3v) is 7.56. The van der Waals surface area contributed by atoms with Crippen LogP contribution in [0.15, 0.2) is 35.2 Å². The van der Waals surface area contributed by atoms with Gasteiger partial charge in [-0.3, -0.25) is 10.0 Å². The fourth-order valence-electron chi connectivity index (χ4n) is 3.79. The van der Waals surface area contributed by atoms with Crippen LogP contribution in [0.1, 0.15) is 16.7 Å². The average Bonchev–Trinajstić information content (AvgIpc) is 3.30. The smallest absolute Gasteiger partial charge is 0.406 e. The molecule has 3 N–H and O–H groups in total. The summed E-state index contributed by atoms with van der Waals surface area (Å²) in [5.74, 6) is 0.349. The van der Waals surface area contributed by atoms with Crippen LogP contribution in [-0.2, 0) is 26.1 Å². The van der Waals surface area contributed by atoms with Crippen LogP contribution in [0.3, 0.4) is 0 Å². The number of amides is 2. The summed E-state index contributed by atoms with van der Waals surface area (Å²) in [6.45, 7) is 2.48. The minimum atomic E-state index is -4.37. The number of hydroxylamine groups is 1. The predicted octanol–water partition coefficient (Wildman–Crippen LogP) is 1.46. The molecule has 3 rings (SSSR count). The predicted molar refractivity (Wildman–Crippen MR) is 122 cm³/mol. The summed E-state index contributed by atoms with van der Waals surface area (Å²) in [5.41, 5.74) is 2.75. The first-order chi connectivity index (χ1) is 16.6. The van der Waals surface area contributed by atoms with Crippen LogP contribution in [-0.4, -0.2) is 63.5 Å². The van der Waals surface area contributed by atoms with Crippen LogP contribution in [0.4, 0.5) is 4.79 Å². The third-order valence-electron chi connectivity index (χ3n) is 5.40. The third kappa shape index (κ3) is 5.58. The fourth-order valence-corrected chi connectivity index (χ4v) is 5.78. The molecule has 0 radical (unpaired) electrons. The summed E-state index contributed by atoms with van der Waals surface area (Å²) in [4.78, 5) is 24.3. The first-order valence-corrected chi connectivity index (χ1v) is 11.9. The summed E-state index contributed by atoms with van der Waals surface area (Å²) in [6.07, 6.45) is -0.877. The molecule has 0 bridgehead atoms. The van der Waals surface area contributed by atoms with E-state index in [-0.39, 0.29) is 18.2 Å². The molecule has 1 heterocycles. The maximum absolute atomic E-state index is 14.0. The first kappa shape index (κ1) is 26.1. The molecule has 0 aromatic heterocycles. The first-order valence-electron chi connectivity index (χ1n) is 10.4. The maximum atomic E-state index is 14.0. The topological polar surface area (TPSA) is 153 Å². The number of sulfonamides is 1. The Hall–Kier alpha value is -3.55. The van der Waals surface area contributed by atoms with Crippen molar-refractivity contribution in [3.8, 4) is 17.2 Å². The highest BCUT2D eigenvalue weighted by atomic mass is 32.2. The summed E-state index contributed by atoms with van der Waals surface area (Å²) < 4.78 is 49.4. The van der Waals surface area contributed by atoms with E-state index < -0.39 is 34.6 Å². The molecule has 2 aromatic carbocycles. The molecule has 190 valence electrons. The van der Waals surface area contributed by atoms with E-state index in [1.807, 2.05) is 0 Å². The Morgan fingerprint density at radius 1 is 1.11 bits per heavy atom. The Kier molecular flexibility index (Phi) is 8.04. The maximum Gasteiger partial charge on any atom is 0.406 e. The Bertz CT molecular complexity index is 1190. The van der Waals surface area contributed by atoms with Gasteiger partial charge in [-0.25, -0.2) is 18.7 Å². The second-order valence-corrected chi connectivity index (χ2v) is 9.52. The lowest BCUT2D eigenvalue weighted by atomic mass is 10.1. The van der Waals surface area contributed by atoms with Crippen molar-refractivity contribution >= 4 is 22.0 Å². The number of nitrogens with zero attached hydrogens (tertiary/aromatic N) is 1. The van der Waals surface area contributed by atoms with Crippen LogP contribution in [0.5, 0.6) is 17.2 Å². The zero-order valence-electron chi connectivity index (χ0n) is 19.7. The van der Waals surface area contributed by atoms with Crippen molar-refractivity contribution in [2.75, 3.05) is 27.6 Å². The molecule has 1 aliphatic heterocycles. The number of alkyl carbamates (subject to hydrolysis) is 1. The molecular formula is C22H27N3O9S. The lowest BCUT2D eigenvalue weighted by Crippen LogP contribution is -2.54. The van der Waals surface area contributed by atoms with Crippen molar-refractivity contribution < 1.29 is 42.2 Å². The molecule has 0 spiro atoms. The number of nitrogens with one attached hydrogen (secondary N) is 2. The highest BCUT2D eigenvalue weighted by molar-refractivity contribution is 7.89. The van der Waals surface area contributed by atoms with E-state index in [2.05, 4.69) is 10.1 Å². The van der Waals surface area contributed by atoms with E-state index >= 15 is 0 Å². The Morgan fingerprint density at radius 2 is 1.77 bits per heavy atom. The molecule has 1 aliphatic rings. The molecule has 0 aliphatic carbocycles. The van der Waals surface area contributed by atoms with Gasteiger partial charge in [-0.15, -0.1) is 0 Å². The van der Waals surface area contributed by atoms with Gasteiger partial charge >= 0.3 is 6.09 Å². The SMILES string of the molecule is COC(=O)NC[C@H](C(=O)NO)N(Cc1ccc2c(c1)OCO2)S(=O)(=O)c1c(C)cc(OC)cc1C. The highest BCUT2D eigenvalue weighted by Crippen LogP contribution is 2.35. The number of fused-ring (bicyclic) bond motifs is 1. The Balaban J connectivity index is 2.12. The molecule has 1 atom stereocenters. The highest BCUT2D eigenvalue weighted by Gasteiger charge is 2.38. The van der Waals surface area contributed by atoms with E-state index in [0.29, 0.717) is 33.9 Å². The van der Waals surface area contributed by atoms with Crippen molar-refractivity contribution in [2.24, 2.45) is 0 Å². The van der Waals surface area contributed by atoms with Gasteiger partial charge in [0.1, 0.15) is 11.8 Å². The van der Waals surface area contributed by atoms with Gasteiger partial charge in [0.2, 0.25) is 16.8 Å². The zero-order valence-corrected chi connectivity index (χ0v) is 20.5. The molecule has 13 heteroatoms. The summed E-state index contributed by atoms with van der Waals surface area (Å²) in [7, 11) is -1.77. The Morgan fingerprint density at radius 3 is 2.37 bits per heavy atom. The number of carbonyl (C=O) groups excluding carboxylic acids is 2. The van der Waals surface area contributed by atoms with Gasteiger partial charge in [0.25, 0.3) is 5.91 Å². The quantitative estimate of drug-likeness (QED) is 0.337. The minimum Gasteiger partial charge on any atom is -0.497 e. The number of benzene rings is 2. The van der Waals surface area contributed by atoms with Crippen LogP contribution in [0.25, 0.3) is 0 Å². The molecule has 12 nitrogen and oxygen atoms in total. The molecule has 2 aromatic rings. The van der Waals surface area contributed by atoms with Gasteiger partial charge in [-0.05, 0) is 54.8 Å². The monoisotopic (exact) mass is 509 g/mol. The van der Waals surface area contributed by atoms with E-state index in [4.69, 9.17) is 14.2 Å². The molecule has 0 saturated carbocycles. The van der Waals surface area contributed by atoms with Crippen molar-refractivity contribution in [1.82, 2.24) is 15.1 Å². The van der Waals surface area contributed by atoms with Crippen LogP contribution < -0.4 is 25.0 Å². The normalized spacial score (nSPS) is 13.3. The number of rotatable bonds is 9.